The SMILES string of the molecule is CC(C)NC(=O)O[C@@H]1CCC(c2cc(N)n(C(C)(C)C)n2)C1. The maximum atomic E-state index is 11.7. The Morgan fingerprint density at radius 2 is 2.14 bits per heavy atom. The van der Waals surface area contributed by atoms with Crippen LogP contribution < -0.4 is 11.1 Å². The predicted molar refractivity (Wildman–Crippen MR) is 86.8 cm³/mol. The van der Waals surface area contributed by atoms with Gasteiger partial charge >= 0.3 is 6.09 Å². The number of nitrogens with two attached hydrogens (primary N) is 1. The van der Waals surface area contributed by atoms with Gasteiger partial charge in [0.15, 0.2) is 0 Å². The number of ether oxygens (including phenoxy) is 1. The molecule has 6 nitrogen and oxygen atoms in total. The second kappa shape index (κ2) is 6.18. The van der Waals surface area contributed by atoms with Gasteiger partial charge in [-0.15, -0.1) is 0 Å². The highest BCUT2D eigenvalue weighted by molar-refractivity contribution is 5.67. The minimum absolute atomic E-state index is 0.0373. The van der Waals surface area contributed by atoms with Gasteiger partial charge < -0.3 is 15.8 Å². The standard InChI is InChI=1S/C16H28N4O2/c1-10(2)18-15(21)22-12-7-6-11(8-12)13-9-14(17)20(19-13)16(3,4)5/h9-12H,6-8,17H2,1-5H3,(H,18,21)/t11?,12-/m1/s1. The molecule has 0 aliphatic heterocycles. The maximum absolute atomic E-state index is 11.7. The summed E-state index contributed by atoms with van der Waals surface area (Å²) in [6.07, 6.45) is 2.29. The molecule has 6 heteroatoms. The number of alkyl carbamates (subject to hydrolysis) is 1. The molecular weight excluding hydrogens is 280 g/mol. The zero-order valence-corrected chi connectivity index (χ0v) is 14.2. The lowest BCUT2D eigenvalue weighted by Crippen LogP contribution is -2.33. The van der Waals surface area contributed by atoms with Crippen LogP contribution in [0.3, 0.4) is 0 Å². The van der Waals surface area contributed by atoms with E-state index in [1.165, 1.54) is 0 Å². The van der Waals surface area contributed by atoms with E-state index >= 15 is 0 Å². The Morgan fingerprint density at radius 3 is 2.68 bits per heavy atom. The average molecular weight is 308 g/mol. The summed E-state index contributed by atoms with van der Waals surface area (Å²) in [6.45, 7) is 10.1. The Balaban J connectivity index is 1.97. The van der Waals surface area contributed by atoms with Gasteiger partial charge in [-0.3, -0.25) is 0 Å². The van der Waals surface area contributed by atoms with Crippen molar-refractivity contribution in [3.63, 3.8) is 0 Å². The highest BCUT2D eigenvalue weighted by atomic mass is 16.6. The van der Waals surface area contributed by atoms with E-state index in [2.05, 4.69) is 31.2 Å². The largest absolute Gasteiger partial charge is 0.446 e. The van der Waals surface area contributed by atoms with Crippen molar-refractivity contribution in [3.8, 4) is 0 Å². The highest BCUT2D eigenvalue weighted by Crippen LogP contribution is 2.36. The zero-order valence-electron chi connectivity index (χ0n) is 14.2. The highest BCUT2D eigenvalue weighted by Gasteiger charge is 2.31. The molecule has 0 bridgehead atoms. The summed E-state index contributed by atoms with van der Waals surface area (Å²) in [4.78, 5) is 11.7. The second-order valence-electron chi connectivity index (χ2n) is 7.41. The first-order valence-electron chi connectivity index (χ1n) is 8.00. The number of hydrogen-bond donors (Lipinski definition) is 2. The van der Waals surface area contributed by atoms with Crippen LogP contribution in [0, 0.1) is 0 Å². The Labute approximate surface area is 132 Å². The molecule has 3 N–H and O–H groups in total. The zero-order chi connectivity index (χ0) is 16.5. The van der Waals surface area contributed by atoms with Crippen LogP contribution in [0.5, 0.6) is 0 Å². The van der Waals surface area contributed by atoms with E-state index in [4.69, 9.17) is 10.5 Å². The Bertz CT molecular complexity index is 531. The number of nitrogens with one attached hydrogen (secondary N) is 1. The molecule has 1 aromatic heterocycles. The monoisotopic (exact) mass is 308 g/mol. The Hall–Kier alpha value is -1.72. The number of hydrogen-bond acceptors (Lipinski definition) is 4. The van der Waals surface area contributed by atoms with Crippen molar-refractivity contribution in [2.24, 2.45) is 0 Å². The molecule has 1 aromatic rings. The molecule has 0 saturated heterocycles. The number of amides is 1. The Morgan fingerprint density at radius 1 is 1.45 bits per heavy atom. The molecule has 2 atom stereocenters. The molecule has 1 saturated carbocycles. The predicted octanol–water partition coefficient (Wildman–Crippen LogP) is 2.99. The van der Waals surface area contributed by atoms with Crippen LogP contribution in [0.2, 0.25) is 0 Å². The van der Waals surface area contributed by atoms with Gasteiger partial charge in [0.25, 0.3) is 0 Å². The first-order valence-corrected chi connectivity index (χ1v) is 8.00. The van der Waals surface area contributed by atoms with Crippen LogP contribution in [-0.2, 0) is 10.3 Å². The second-order valence-corrected chi connectivity index (χ2v) is 7.41. The van der Waals surface area contributed by atoms with Gasteiger partial charge in [0, 0.05) is 18.0 Å². The maximum Gasteiger partial charge on any atom is 0.407 e. The molecule has 0 radical (unpaired) electrons. The molecule has 22 heavy (non-hydrogen) atoms. The molecule has 1 fully saturated rings. The Kier molecular flexibility index (Phi) is 4.68. The van der Waals surface area contributed by atoms with E-state index in [9.17, 15) is 4.79 Å². The van der Waals surface area contributed by atoms with Gasteiger partial charge in [-0.25, -0.2) is 9.48 Å². The molecule has 1 amide bonds. The van der Waals surface area contributed by atoms with E-state index < -0.39 is 0 Å². The van der Waals surface area contributed by atoms with Crippen LogP contribution in [-0.4, -0.2) is 28.0 Å². The molecular formula is C16H28N4O2. The molecule has 124 valence electrons. The van der Waals surface area contributed by atoms with Crippen LogP contribution in [0.4, 0.5) is 10.6 Å². The molecule has 2 rings (SSSR count). The molecule has 1 unspecified atom stereocenters. The quantitative estimate of drug-likeness (QED) is 0.899. The lowest BCUT2D eigenvalue weighted by molar-refractivity contribution is 0.0981. The number of anilines is 1. The van der Waals surface area contributed by atoms with Crippen LogP contribution in [0.1, 0.15) is 65.5 Å². The molecule has 1 heterocycles. The van der Waals surface area contributed by atoms with Gasteiger partial charge in [0.1, 0.15) is 11.9 Å². The van der Waals surface area contributed by atoms with Crippen molar-refractivity contribution in [1.82, 2.24) is 15.1 Å². The van der Waals surface area contributed by atoms with Crippen molar-refractivity contribution < 1.29 is 9.53 Å². The minimum atomic E-state index is -0.333. The molecule has 0 aromatic carbocycles. The van der Waals surface area contributed by atoms with Crippen LogP contribution in [0.15, 0.2) is 6.07 Å². The third kappa shape index (κ3) is 3.93. The van der Waals surface area contributed by atoms with Gasteiger partial charge in [-0.2, -0.15) is 5.10 Å². The van der Waals surface area contributed by atoms with Gasteiger partial charge in [-0.1, -0.05) is 0 Å². The number of nitrogens with zero attached hydrogens (tertiary/aromatic N) is 2. The third-order valence-electron chi connectivity index (χ3n) is 3.87. The fourth-order valence-electron chi connectivity index (χ4n) is 2.89. The minimum Gasteiger partial charge on any atom is -0.446 e. The van der Waals surface area contributed by atoms with Crippen molar-refractivity contribution in [1.29, 1.82) is 0 Å². The lowest BCUT2D eigenvalue weighted by atomic mass is 10.0. The summed E-state index contributed by atoms with van der Waals surface area (Å²) in [6, 6.07) is 2.04. The first kappa shape index (κ1) is 16.6. The number of aromatic nitrogens is 2. The van der Waals surface area contributed by atoms with Crippen LogP contribution in [0.25, 0.3) is 0 Å². The number of carbonyl (C=O) groups is 1. The number of rotatable bonds is 3. The third-order valence-corrected chi connectivity index (χ3v) is 3.87. The fraction of sp³-hybridized carbons (Fsp3) is 0.750. The summed E-state index contributed by atoms with van der Waals surface area (Å²) >= 11 is 0. The van der Waals surface area contributed by atoms with E-state index in [0.29, 0.717) is 11.7 Å². The molecule has 0 spiro atoms. The van der Waals surface area contributed by atoms with Crippen molar-refractivity contribution >= 4 is 11.9 Å². The van der Waals surface area contributed by atoms with E-state index in [0.717, 1.165) is 25.0 Å². The summed E-state index contributed by atoms with van der Waals surface area (Å²) in [5.41, 5.74) is 6.94. The van der Waals surface area contributed by atoms with Crippen LogP contribution >= 0.6 is 0 Å². The smallest absolute Gasteiger partial charge is 0.407 e. The molecule has 1 aliphatic carbocycles. The van der Waals surface area contributed by atoms with Crippen molar-refractivity contribution in [3.05, 3.63) is 11.8 Å². The van der Waals surface area contributed by atoms with E-state index in [-0.39, 0.29) is 23.8 Å². The van der Waals surface area contributed by atoms with E-state index in [1.54, 1.807) is 0 Å². The normalized spacial score (nSPS) is 22.1. The van der Waals surface area contributed by atoms with Crippen molar-refractivity contribution in [2.75, 3.05) is 5.73 Å². The summed E-state index contributed by atoms with van der Waals surface area (Å²) in [7, 11) is 0. The molecule has 1 aliphatic rings. The summed E-state index contributed by atoms with van der Waals surface area (Å²) in [5.74, 6) is 0.993. The first-order chi connectivity index (χ1) is 10.2. The van der Waals surface area contributed by atoms with E-state index in [1.807, 2.05) is 24.6 Å². The topological polar surface area (TPSA) is 82.2 Å². The summed E-state index contributed by atoms with van der Waals surface area (Å²) < 4.78 is 7.33. The van der Waals surface area contributed by atoms with Crippen molar-refractivity contribution in [2.45, 2.75) is 77.5 Å². The number of nitrogen functional groups attached to an aromatic ring is 1. The van der Waals surface area contributed by atoms with Gasteiger partial charge in [0.05, 0.1) is 11.2 Å². The van der Waals surface area contributed by atoms with Gasteiger partial charge in [0.2, 0.25) is 0 Å². The average Bonchev–Trinajstić information content (AvgIpc) is 2.93. The van der Waals surface area contributed by atoms with Gasteiger partial charge in [-0.05, 0) is 53.9 Å². The lowest BCUT2D eigenvalue weighted by Gasteiger charge is -2.20. The fourth-order valence-corrected chi connectivity index (χ4v) is 2.89. The number of carbonyl (C=O) groups excluding carboxylic acids is 1. The summed E-state index contributed by atoms with van der Waals surface area (Å²) in [5, 5.41) is 7.42.